The Morgan fingerprint density at radius 2 is 1.84 bits per heavy atom. The summed E-state index contributed by atoms with van der Waals surface area (Å²) >= 11 is 7.51. The molecule has 0 bridgehead atoms. The van der Waals surface area contributed by atoms with Crippen LogP contribution in [-0.4, -0.2) is 29.6 Å². The minimum atomic E-state index is -0.407. The van der Waals surface area contributed by atoms with Crippen LogP contribution in [0.1, 0.15) is 18.5 Å². The predicted molar refractivity (Wildman–Crippen MR) is 103 cm³/mol. The van der Waals surface area contributed by atoms with Crippen LogP contribution in [0.5, 0.6) is 0 Å². The number of hydrogen-bond donors (Lipinski definition) is 2. The normalized spacial score (nSPS) is 11.6. The monoisotopic (exact) mass is 377 g/mol. The van der Waals surface area contributed by atoms with Gasteiger partial charge in [-0.15, -0.1) is 11.8 Å². The van der Waals surface area contributed by atoms with E-state index in [4.69, 9.17) is 17.3 Å². The van der Waals surface area contributed by atoms with Gasteiger partial charge >= 0.3 is 6.03 Å². The zero-order valence-electron chi connectivity index (χ0n) is 14.0. The van der Waals surface area contributed by atoms with Crippen LogP contribution in [0.4, 0.5) is 10.5 Å². The van der Waals surface area contributed by atoms with Crippen LogP contribution >= 0.6 is 23.4 Å². The van der Waals surface area contributed by atoms with Crippen molar-refractivity contribution in [1.29, 1.82) is 0 Å². The summed E-state index contributed by atoms with van der Waals surface area (Å²) in [6, 6.07) is 14.3. The lowest BCUT2D eigenvalue weighted by Gasteiger charge is -2.26. The van der Waals surface area contributed by atoms with Crippen LogP contribution in [0.3, 0.4) is 0 Å². The summed E-state index contributed by atoms with van der Waals surface area (Å²) in [6.07, 6.45) is 0. The highest BCUT2D eigenvalue weighted by Gasteiger charge is 2.20. The summed E-state index contributed by atoms with van der Waals surface area (Å²) in [7, 11) is 1.71. The standard InChI is InChI=1S/C18H20ClN3O2S/c1-12(13-7-3-4-8-14(13)19)22(2)18(24)21-15-9-5-6-10-16(15)25-11-17(20)23/h3-10,12H,11H2,1-2H3,(H2,20,23)(H,21,24). The molecule has 0 radical (unpaired) electrons. The lowest BCUT2D eigenvalue weighted by molar-refractivity contribution is -0.115. The molecule has 3 N–H and O–H groups in total. The number of para-hydroxylation sites is 1. The number of amides is 3. The maximum absolute atomic E-state index is 12.6. The van der Waals surface area contributed by atoms with E-state index in [2.05, 4.69) is 5.32 Å². The number of nitrogens with zero attached hydrogens (tertiary/aromatic N) is 1. The lowest BCUT2D eigenvalue weighted by atomic mass is 10.1. The lowest BCUT2D eigenvalue weighted by Crippen LogP contribution is -2.33. The van der Waals surface area contributed by atoms with E-state index in [1.54, 1.807) is 24.1 Å². The Morgan fingerprint density at radius 1 is 1.20 bits per heavy atom. The third kappa shape index (κ3) is 5.14. The zero-order valence-corrected chi connectivity index (χ0v) is 15.6. The SMILES string of the molecule is CC(c1ccccc1Cl)N(C)C(=O)Nc1ccccc1SCC(N)=O. The topological polar surface area (TPSA) is 75.4 Å². The Labute approximate surface area is 156 Å². The molecule has 7 heteroatoms. The van der Waals surface area contributed by atoms with Gasteiger partial charge < -0.3 is 16.0 Å². The predicted octanol–water partition coefficient (Wildman–Crippen LogP) is 4.14. The van der Waals surface area contributed by atoms with Gasteiger partial charge in [-0.1, -0.05) is 41.9 Å². The molecule has 0 aromatic heterocycles. The molecule has 25 heavy (non-hydrogen) atoms. The van der Waals surface area contributed by atoms with Gasteiger partial charge in [0.05, 0.1) is 17.5 Å². The van der Waals surface area contributed by atoms with E-state index < -0.39 is 5.91 Å². The Balaban J connectivity index is 2.11. The van der Waals surface area contributed by atoms with Gasteiger partial charge in [-0.25, -0.2) is 4.79 Å². The van der Waals surface area contributed by atoms with Crippen LogP contribution in [0.15, 0.2) is 53.4 Å². The fourth-order valence-corrected chi connectivity index (χ4v) is 3.29. The number of halogens is 1. The van der Waals surface area contributed by atoms with E-state index in [9.17, 15) is 9.59 Å². The van der Waals surface area contributed by atoms with Crippen molar-refractivity contribution in [2.75, 3.05) is 18.1 Å². The first-order chi connectivity index (χ1) is 11.9. The molecule has 0 spiro atoms. The van der Waals surface area contributed by atoms with Crippen molar-refractivity contribution >= 4 is 41.0 Å². The molecule has 2 rings (SSSR count). The molecule has 0 saturated heterocycles. The molecule has 0 aliphatic heterocycles. The van der Waals surface area contributed by atoms with Gasteiger partial charge in [-0.2, -0.15) is 0 Å². The fraction of sp³-hybridized carbons (Fsp3) is 0.222. The second-order valence-electron chi connectivity index (χ2n) is 5.49. The average Bonchev–Trinajstić information content (AvgIpc) is 2.60. The van der Waals surface area contributed by atoms with Crippen molar-refractivity contribution in [1.82, 2.24) is 4.90 Å². The van der Waals surface area contributed by atoms with E-state index in [0.717, 1.165) is 10.5 Å². The van der Waals surface area contributed by atoms with E-state index in [1.165, 1.54) is 11.8 Å². The Bertz CT molecular complexity index is 769. The van der Waals surface area contributed by atoms with Gasteiger partial charge in [0.1, 0.15) is 0 Å². The Kier molecular flexibility index (Phi) is 6.73. The largest absolute Gasteiger partial charge is 0.369 e. The fourth-order valence-electron chi connectivity index (χ4n) is 2.25. The second kappa shape index (κ2) is 8.78. The summed E-state index contributed by atoms with van der Waals surface area (Å²) in [5.74, 6) is -0.255. The molecule has 132 valence electrons. The minimum absolute atomic E-state index is 0.152. The van der Waals surface area contributed by atoms with Gasteiger partial charge in [-0.05, 0) is 30.7 Å². The highest BCUT2D eigenvalue weighted by atomic mass is 35.5. The number of rotatable bonds is 6. The number of nitrogens with two attached hydrogens (primary N) is 1. The van der Waals surface area contributed by atoms with Gasteiger partial charge in [0, 0.05) is 17.0 Å². The number of thioether (sulfide) groups is 1. The van der Waals surface area contributed by atoms with Gasteiger partial charge in [0.25, 0.3) is 0 Å². The molecule has 0 aliphatic carbocycles. The van der Waals surface area contributed by atoms with E-state index in [-0.39, 0.29) is 17.8 Å². The molecule has 1 unspecified atom stereocenters. The number of hydrogen-bond acceptors (Lipinski definition) is 3. The first-order valence-electron chi connectivity index (χ1n) is 7.68. The second-order valence-corrected chi connectivity index (χ2v) is 6.91. The molecule has 0 fully saturated rings. The molecule has 0 aliphatic rings. The number of carbonyl (C=O) groups is 2. The third-order valence-corrected chi connectivity index (χ3v) is 5.20. The highest BCUT2D eigenvalue weighted by Crippen LogP contribution is 2.29. The number of benzene rings is 2. The Hall–Kier alpha value is -2.18. The summed E-state index contributed by atoms with van der Waals surface area (Å²) in [5, 5.41) is 3.49. The molecule has 2 aromatic rings. The molecule has 0 saturated carbocycles. The highest BCUT2D eigenvalue weighted by molar-refractivity contribution is 8.00. The van der Waals surface area contributed by atoms with Crippen molar-refractivity contribution in [3.8, 4) is 0 Å². The van der Waals surface area contributed by atoms with Gasteiger partial charge in [-0.3, -0.25) is 4.79 Å². The van der Waals surface area contributed by atoms with Crippen LogP contribution in [0, 0.1) is 0 Å². The minimum Gasteiger partial charge on any atom is -0.369 e. The number of anilines is 1. The summed E-state index contributed by atoms with van der Waals surface area (Å²) in [6.45, 7) is 1.91. The van der Waals surface area contributed by atoms with Crippen molar-refractivity contribution in [2.45, 2.75) is 17.9 Å². The molecule has 3 amide bonds. The van der Waals surface area contributed by atoms with Crippen molar-refractivity contribution in [3.63, 3.8) is 0 Å². The van der Waals surface area contributed by atoms with Crippen LogP contribution < -0.4 is 11.1 Å². The molecular formula is C18H20ClN3O2S. The quantitative estimate of drug-likeness (QED) is 0.743. The molecule has 2 aromatic carbocycles. The van der Waals surface area contributed by atoms with Crippen LogP contribution in [0.2, 0.25) is 5.02 Å². The first-order valence-corrected chi connectivity index (χ1v) is 9.05. The molecule has 1 atom stereocenters. The van der Waals surface area contributed by atoms with E-state index in [0.29, 0.717) is 10.7 Å². The number of urea groups is 1. The van der Waals surface area contributed by atoms with E-state index >= 15 is 0 Å². The van der Waals surface area contributed by atoms with Crippen molar-refractivity contribution < 1.29 is 9.59 Å². The zero-order chi connectivity index (χ0) is 18.4. The number of primary amides is 1. The summed E-state index contributed by atoms with van der Waals surface area (Å²) in [5.41, 5.74) is 6.70. The molecule has 5 nitrogen and oxygen atoms in total. The maximum atomic E-state index is 12.6. The van der Waals surface area contributed by atoms with Gasteiger partial charge in [0.15, 0.2) is 0 Å². The van der Waals surface area contributed by atoms with Crippen molar-refractivity contribution in [2.24, 2.45) is 5.73 Å². The Morgan fingerprint density at radius 3 is 2.52 bits per heavy atom. The average molecular weight is 378 g/mol. The van der Waals surface area contributed by atoms with E-state index in [1.807, 2.05) is 43.3 Å². The van der Waals surface area contributed by atoms with Crippen LogP contribution in [0.25, 0.3) is 0 Å². The van der Waals surface area contributed by atoms with Gasteiger partial charge in [0.2, 0.25) is 5.91 Å². The smallest absolute Gasteiger partial charge is 0.322 e. The molecule has 0 heterocycles. The third-order valence-electron chi connectivity index (χ3n) is 3.76. The maximum Gasteiger partial charge on any atom is 0.322 e. The number of nitrogens with one attached hydrogen (secondary N) is 1. The molecular weight excluding hydrogens is 358 g/mol. The van der Waals surface area contributed by atoms with Crippen LogP contribution in [-0.2, 0) is 4.79 Å². The number of carbonyl (C=O) groups excluding carboxylic acids is 2. The van der Waals surface area contributed by atoms with Crippen molar-refractivity contribution in [3.05, 3.63) is 59.1 Å². The summed E-state index contributed by atoms with van der Waals surface area (Å²) in [4.78, 5) is 26.0. The summed E-state index contributed by atoms with van der Waals surface area (Å²) < 4.78 is 0. The first kappa shape index (κ1) is 19.1.